The average molecular weight is 408 g/mol. The second-order valence-electron chi connectivity index (χ2n) is 6.45. The molecule has 10 heteroatoms. The normalized spacial score (nSPS) is 23.1. The molecule has 0 saturated carbocycles. The average Bonchev–Trinajstić information content (AvgIpc) is 2.95. The summed E-state index contributed by atoms with van der Waals surface area (Å²) >= 11 is 0. The van der Waals surface area contributed by atoms with Gasteiger partial charge in [0.05, 0.1) is 24.8 Å². The van der Waals surface area contributed by atoms with Gasteiger partial charge in [-0.3, -0.25) is 9.59 Å². The van der Waals surface area contributed by atoms with Crippen LogP contribution in [0.5, 0.6) is 0 Å². The van der Waals surface area contributed by atoms with Gasteiger partial charge in [0.15, 0.2) is 0 Å². The molecule has 2 aliphatic heterocycles. The Kier molecular flexibility index (Phi) is 7.07. The molecule has 0 bridgehead atoms. The number of ether oxygens (including phenoxy) is 1. The summed E-state index contributed by atoms with van der Waals surface area (Å²) in [5.41, 5.74) is -0.623. The molecule has 2 unspecified atom stereocenters. The van der Waals surface area contributed by atoms with Crippen molar-refractivity contribution in [1.29, 1.82) is 0 Å². The van der Waals surface area contributed by atoms with Gasteiger partial charge < -0.3 is 20.3 Å². The monoisotopic (exact) mass is 407 g/mol. The van der Waals surface area contributed by atoms with Crippen LogP contribution in [-0.2, 0) is 20.5 Å². The molecule has 6 nitrogen and oxygen atoms in total. The molecule has 2 heterocycles. The second-order valence-corrected chi connectivity index (χ2v) is 6.45. The maximum Gasteiger partial charge on any atom is 0.416 e. The number of alkyl halides is 3. The second kappa shape index (κ2) is 8.90. The van der Waals surface area contributed by atoms with Gasteiger partial charge in [0.1, 0.15) is 0 Å². The fourth-order valence-corrected chi connectivity index (χ4v) is 3.17. The van der Waals surface area contributed by atoms with E-state index in [1.165, 1.54) is 17.0 Å². The molecule has 0 spiro atoms. The number of hydrogen-bond acceptors (Lipinski definition) is 4. The van der Waals surface area contributed by atoms with E-state index in [1.807, 2.05) is 0 Å². The van der Waals surface area contributed by atoms with Crippen LogP contribution >= 0.6 is 12.4 Å². The summed E-state index contributed by atoms with van der Waals surface area (Å²) in [5, 5.41) is 5.95. The number of carbonyl (C=O) groups excluding carboxylic acids is 2. The molecule has 1 aromatic carbocycles. The van der Waals surface area contributed by atoms with Crippen LogP contribution in [0.4, 0.5) is 18.9 Å². The highest BCUT2D eigenvalue weighted by Gasteiger charge is 2.35. The summed E-state index contributed by atoms with van der Waals surface area (Å²) in [6, 6.07) is 4.15. The van der Waals surface area contributed by atoms with Crippen LogP contribution in [0, 0.1) is 0 Å². The van der Waals surface area contributed by atoms with Gasteiger partial charge >= 0.3 is 6.18 Å². The highest BCUT2D eigenvalue weighted by molar-refractivity contribution is 5.97. The van der Waals surface area contributed by atoms with Crippen LogP contribution in [0.1, 0.15) is 18.4 Å². The molecule has 2 amide bonds. The van der Waals surface area contributed by atoms with Crippen LogP contribution in [0.2, 0.25) is 0 Å². The maximum atomic E-state index is 12.8. The largest absolute Gasteiger partial charge is 0.416 e. The van der Waals surface area contributed by atoms with E-state index >= 15 is 0 Å². The van der Waals surface area contributed by atoms with Crippen LogP contribution < -0.4 is 15.5 Å². The number of carbonyl (C=O) groups is 2. The van der Waals surface area contributed by atoms with Crippen LogP contribution in [0.25, 0.3) is 0 Å². The summed E-state index contributed by atoms with van der Waals surface area (Å²) in [6.45, 7) is 1.90. The molecular weight excluding hydrogens is 387 g/mol. The Morgan fingerprint density at radius 1 is 1.37 bits per heavy atom. The molecule has 0 aliphatic carbocycles. The molecule has 3 rings (SSSR count). The lowest BCUT2D eigenvalue weighted by Gasteiger charge is -2.24. The Balaban J connectivity index is 0.00000261. The zero-order valence-corrected chi connectivity index (χ0v) is 15.2. The van der Waals surface area contributed by atoms with Gasteiger partial charge in [-0.25, -0.2) is 0 Å². The van der Waals surface area contributed by atoms with Crippen molar-refractivity contribution in [2.45, 2.75) is 31.1 Å². The van der Waals surface area contributed by atoms with Crippen molar-refractivity contribution in [1.82, 2.24) is 10.6 Å². The molecule has 0 radical (unpaired) electrons. The van der Waals surface area contributed by atoms with Gasteiger partial charge in [0, 0.05) is 37.7 Å². The number of morpholine rings is 1. The van der Waals surface area contributed by atoms with Crippen molar-refractivity contribution >= 4 is 29.9 Å². The van der Waals surface area contributed by atoms with Crippen molar-refractivity contribution in [2.24, 2.45) is 0 Å². The summed E-state index contributed by atoms with van der Waals surface area (Å²) < 4.78 is 43.8. The fourth-order valence-electron chi connectivity index (χ4n) is 3.17. The number of amides is 2. The molecule has 2 aliphatic rings. The lowest BCUT2D eigenvalue weighted by atomic mass is 10.1. The first-order valence-corrected chi connectivity index (χ1v) is 8.41. The van der Waals surface area contributed by atoms with Crippen molar-refractivity contribution < 1.29 is 27.5 Å². The zero-order valence-electron chi connectivity index (χ0n) is 14.4. The number of nitrogens with one attached hydrogen (secondary N) is 2. The molecule has 2 saturated heterocycles. The summed E-state index contributed by atoms with van der Waals surface area (Å²) in [6.07, 6.45) is -4.17. The van der Waals surface area contributed by atoms with Gasteiger partial charge in [0.25, 0.3) is 0 Å². The number of rotatable bonds is 4. The van der Waals surface area contributed by atoms with Crippen LogP contribution in [0.3, 0.4) is 0 Å². The Hall–Kier alpha value is -1.84. The first kappa shape index (κ1) is 21.5. The zero-order chi connectivity index (χ0) is 18.7. The number of hydrogen-bond donors (Lipinski definition) is 2. The van der Waals surface area contributed by atoms with E-state index in [2.05, 4.69) is 10.6 Å². The van der Waals surface area contributed by atoms with Gasteiger partial charge in [-0.15, -0.1) is 12.4 Å². The number of anilines is 1. The van der Waals surface area contributed by atoms with E-state index in [1.54, 1.807) is 0 Å². The smallest absolute Gasteiger partial charge is 0.378 e. The van der Waals surface area contributed by atoms with E-state index < -0.39 is 17.8 Å². The Morgan fingerprint density at radius 2 is 2.15 bits per heavy atom. The quantitative estimate of drug-likeness (QED) is 0.797. The van der Waals surface area contributed by atoms with Crippen molar-refractivity contribution in [3.8, 4) is 0 Å². The molecule has 0 aromatic heterocycles. The standard InChI is InChI=1S/C17H20F3N3O3.ClH/c18-17(19,20)11-2-1-3-14(6-11)23-9-12(8-16(23)25)22-15(24)7-13-10-26-5-4-21-13;/h1-3,6,12-13,21H,4-5,7-10H2,(H,22,24);1H. The molecule has 2 fully saturated rings. The Labute approximate surface area is 160 Å². The summed E-state index contributed by atoms with van der Waals surface area (Å²) in [5.74, 6) is -0.523. The third kappa shape index (κ3) is 5.57. The van der Waals surface area contributed by atoms with Gasteiger partial charge in [-0.2, -0.15) is 13.2 Å². The number of benzene rings is 1. The fraction of sp³-hybridized carbons (Fsp3) is 0.529. The van der Waals surface area contributed by atoms with E-state index in [4.69, 9.17) is 4.74 Å². The van der Waals surface area contributed by atoms with Crippen LogP contribution in [-0.4, -0.2) is 50.2 Å². The molecule has 2 atom stereocenters. The number of nitrogens with zero attached hydrogens (tertiary/aromatic N) is 1. The van der Waals surface area contributed by atoms with E-state index in [9.17, 15) is 22.8 Å². The first-order chi connectivity index (χ1) is 12.3. The van der Waals surface area contributed by atoms with E-state index in [-0.39, 0.29) is 55.3 Å². The minimum atomic E-state index is -4.47. The third-order valence-electron chi connectivity index (χ3n) is 4.41. The molecule has 150 valence electrons. The third-order valence-corrected chi connectivity index (χ3v) is 4.41. The predicted molar refractivity (Wildman–Crippen MR) is 94.8 cm³/mol. The van der Waals surface area contributed by atoms with E-state index in [0.29, 0.717) is 19.8 Å². The molecule has 27 heavy (non-hydrogen) atoms. The minimum absolute atomic E-state index is 0. The summed E-state index contributed by atoms with van der Waals surface area (Å²) in [4.78, 5) is 25.6. The topological polar surface area (TPSA) is 70.7 Å². The van der Waals surface area contributed by atoms with Crippen molar-refractivity contribution in [3.05, 3.63) is 29.8 Å². The lowest BCUT2D eigenvalue weighted by molar-refractivity contribution is -0.137. The Morgan fingerprint density at radius 3 is 2.81 bits per heavy atom. The van der Waals surface area contributed by atoms with Crippen LogP contribution in [0.15, 0.2) is 24.3 Å². The summed E-state index contributed by atoms with van der Waals surface area (Å²) in [7, 11) is 0. The maximum absolute atomic E-state index is 12.8. The van der Waals surface area contributed by atoms with Crippen molar-refractivity contribution in [2.75, 3.05) is 31.2 Å². The van der Waals surface area contributed by atoms with Crippen molar-refractivity contribution in [3.63, 3.8) is 0 Å². The molecular formula is C17H21ClF3N3O3. The van der Waals surface area contributed by atoms with E-state index in [0.717, 1.165) is 12.1 Å². The lowest BCUT2D eigenvalue weighted by Crippen LogP contribution is -2.46. The molecule has 1 aromatic rings. The highest BCUT2D eigenvalue weighted by atomic mass is 35.5. The predicted octanol–water partition coefficient (Wildman–Crippen LogP) is 1.73. The minimum Gasteiger partial charge on any atom is -0.378 e. The highest BCUT2D eigenvalue weighted by Crippen LogP contribution is 2.32. The van der Waals surface area contributed by atoms with Gasteiger partial charge in [0.2, 0.25) is 11.8 Å². The Bertz CT molecular complexity index is 681. The first-order valence-electron chi connectivity index (χ1n) is 8.41. The van der Waals surface area contributed by atoms with Gasteiger partial charge in [-0.1, -0.05) is 6.07 Å². The van der Waals surface area contributed by atoms with Gasteiger partial charge in [-0.05, 0) is 18.2 Å². The number of halogens is 4. The molecule has 2 N–H and O–H groups in total. The SMILES string of the molecule is Cl.O=C(CC1COCCN1)NC1CC(=O)N(c2cccc(C(F)(F)F)c2)C1.